The van der Waals surface area contributed by atoms with Crippen LogP contribution in [-0.2, 0) is 6.54 Å². The van der Waals surface area contributed by atoms with Crippen molar-refractivity contribution in [3.8, 4) is 16.9 Å². The average molecular weight is 344 g/mol. The minimum absolute atomic E-state index is 0.281. The second-order valence-corrected chi connectivity index (χ2v) is 6.65. The molecule has 0 fully saturated rings. The Balaban J connectivity index is 2.14. The van der Waals surface area contributed by atoms with E-state index in [1.54, 1.807) is 11.7 Å². The maximum Gasteiger partial charge on any atom is 0.350 e. The summed E-state index contributed by atoms with van der Waals surface area (Å²) in [6.45, 7) is 1.34. The first-order valence-electron chi connectivity index (χ1n) is 7.58. The van der Waals surface area contributed by atoms with Gasteiger partial charge in [-0.2, -0.15) is 4.98 Å². The molecule has 2 heterocycles. The minimum Gasteiger partial charge on any atom is -0.497 e. The van der Waals surface area contributed by atoms with E-state index in [0.29, 0.717) is 6.54 Å². The van der Waals surface area contributed by atoms with Crippen molar-refractivity contribution in [1.29, 1.82) is 0 Å². The lowest BCUT2D eigenvalue weighted by Crippen LogP contribution is -2.28. The van der Waals surface area contributed by atoms with Gasteiger partial charge in [-0.05, 0) is 31.8 Å². The van der Waals surface area contributed by atoms with Gasteiger partial charge in [-0.3, -0.25) is 4.57 Å². The molecule has 0 aliphatic rings. The normalized spacial score (nSPS) is 11.3. The number of aromatic nitrogens is 2. The van der Waals surface area contributed by atoms with E-state index in [2.05, 4.69) is 4.98 Å². The number of fused-ring (bicyclic) bond motifs is 1. The molecule has 0 aliphatic carbocycles. The van der Waals surface area contributed by atoms with E-state index >= 15 is 0 Å². The molecule has 7 heteroatoms. The number of nitrogens with zero attached hydrogens (tertiary/aromatic N) is 3. The van der Waals surface area contributed by atoms with E-state index in [1.807, 2.05) is 48.6 Å². The summed E-state index contributed by atoms with van der Waals surface area (Å²) in [4.78, 5) is 19.2. The predicted octanol–water partition coefficient (Wildman–Crippen LogP) is 2.28. The van der Waals surface area contributed by atoms with Crippen LogP contribution >= 0.6 is 11.3 Å². The summed E-state index contributed by atoms with van der Waals surface area (Å²) >= 11 is 1.52. The summed E-state index contributed by atoms with van der Waals surface area (Å²) < 4.78 is 6.90. The molecule has 2 N–H and O–H groups in total. The first kappa shape index (κ1) is 16.5. The summed E-state index contributed by atoms with van der Waals surface area (Å²) in [6.07, 6.45) is 0. The van der Waals surface area contributed by atoms with Gasteiger partial charge in [0.2, 0.25) is 0 Å². The number of hydrogen-bond acceptors (Lipinski definition) is 6. The van der Waals surface area contributed by atoms with Gasteiger partial charge < -0.3 is 15.4 Å². The van der Waals surface area contributed by atoms with Crippen LogP contribution in [0.4, 0.5) is 5.82 Å². The van der Waals surface area contributed by atoms with E-state index in [4.69, 9.17) is 10.5 Å². The van der Waals surface area contributed by atoms with Crippen LogP contribution in [-0.4, -0.2) is 42.2 Å². The standard InChI is InChI=1S/C17H20N4O2S/c1-20(2)8-9-21-16-14(15(18)19-17(21)22)13(10-24-16)11-4-6-12(23-3)7-5-11/h4-7,10H,8-9H2,1-3H3,(H2,18,19,22). The Morgan fingerprint density at radius 1 is 1.29 bits per heavy atom. The number of nitrogens with two attached hydrogens (primary N) is 1. The summed E-state index contributed by atoms with van der Waals surface area (Å²) in [5, 5.41) is 2.86. The average Bonchev–Trinajstić information content (AvgIpc) is 2.99. The summed E-state index contributed by atoms with van der Waals surface area (Å²) in [5.41, 5.74) is 7.78. The zero-order chi connectivity index (χ0) is 17.3. The molecule has 3 aromatic rings. The van der Waals surface area contributed by atoms with E-state index in [0.717, 1.165) is 33.6 Å². The molecule has 0 radical (unpaired) electrons. The Bertz CT molecular complexity index is 913. The molecular formula is C17H20N4O2S. The number of ether oxygens (including phenoxy) is 1. The fourth-order valence-electron chi connectivity index (χ4n) is 2.58. The zero-order valence-corrected chi connectivity index (χ0v) is 14.8. The first-order chi connectivity index (χ1) is 11.5. The maximum atomic E-state index is 12.2. The van der Waals surface area contributed by atoms with E-state index in [9.17, 15) is 4.79 Å². The lowest BCUT2D eigenvalue weighted by molar-refractivity contribution is 0.383. The van der Waals surface area contributed by atoms with Crippen LogP contribution in [0.1, 0.15) is 0 Å². The number of hydrogen-bond donors (Lipinski definition) is 1. The van der Waals surface area contributed by atoms with Gasteiger partial charge in [0.1, 0.15) is 16.4 Å². The summed E-state index contributed by atoms with van der Waals surface area (Å²) in [6, 6.07) is 7.78. The lowest BCUT2D eigenvalue weighted by atomic mass is 10.1. The largest absolute Gasteiger partial charge is 0.497 e. The van der Waals surface area contributed by atoms with Crippen LogP contribution in [0, 0.1) is 0 Å². The second kappa shape index (κ2) is 6.62. The molecule has 0 saturated carbocycles. The van der Waals surface area contributed by atoms with Crippen LogP contribution in [0.3, 0.4) is 0 Å². The van der Waals surface area contributed by atoms with Crippen molar-refractivity contribution in [2.45, 2.75) is 6.54 Å². The SMILES string of the molecule is COc1ccc(-c2csc3c2c(N)nc(=O)n3CCN(C)C)cc1. The third-order valence-corrected chi connectivity index (χ3v) is 4.89. The third-order valence-electron chi connectivity index (χ3n) is 3.89. The van der Waals surface area contributed by atoms with Gasteiger partial charge in [0.15, 0.2) is 0 Å². The van der Waals surface area contributed by atoms with Gasteiger partial charge >= 0.3 is 5.69 Å². The van der Waals surface area contributed by atoms with Gasteiger partial charge in [-0.1, -0.05) is 12.1 Å². The van der Waals surface area contributed by atoms with E-state index in [-0.39, 0.29) is 11.5 Å². The highest BCUT2D eigenvalue weighted by Crippen LogP contribution is 2.36. The Morgan fingerprint density at radius 3 is 2.62 bits per heavy atom. The van der Waals surface area contributed by atoms with Gasteiger partial charge in [0, 0.05) is 24.0 Å². The highest BCUT2D eigenvalue weighted by molar-refractivity contribution is 7.17. The monoisotopic (exact) mass is 344 g/mol. The molecule has 0 amide bonds. The van der Waals surface area contributed by atoms with Crippen LogP contribution < -0.4 is 16.2 Å². The Labute approximate surface area is 144 Å². The van der Waals surface area contributed by atoms with Gasteiger partial charge in [-0.15, -0.1) is 11.3 Å². The maximum absolute atomic E-state index is 12.2. The summed E-state index contributed by atoms with van der Waals surface area (Å²) in [5.74, 6) is 1.08. The second-order valence-electron chi connectivity index (χ2n) is 5.79. The van der Waals surface area contributed by atoms with Crippen molar-refractivity contribution in [3.05, 3.63) is 40.1 Å². The topological polar surface area (TPSA) is 73.4 Å². The smallest absolute Gasteiger partial charge is 0.350 e. The van der Waals surface area contributed by atoms with E-state index in [1.165, 1.54) is 11.3 Å². The highest BCUT2D eigenvalue weighted by atomic mass is 32.1. The molecule has 0 bridgehead atoms. The molecule has 0 saturated heterocycles. The van der Waals surface area contributed by atoms with Crippen molar-refractivity contribution in [3.63, 3.8) is 0 Å². The quantitative estimate of drug-likeness (QED) is 0.769. The Morgan fingerprint density at radius 2 is 2.00 bits per heavy atom. The molecule has 126 valence electrons. The minimum atomic E-state index is -0.301. The number of anilines is 1. The number of rotatable bonds is 5. The summed E-state index contributed by atoms with van der Waals surface area (Å²) in [7, 11) is 5.59. The molecule has 2 aromatic heterocycles. The van der Waals surface area contributed by atoms with Gasteiger partial charge in [0.25, 0.3) is 0 Å². The molecule has 0 aliphatic heterocycles. The van der Waals surface area contributed by atoms with Crippen molar-refractivity contribution < 1.29 is 4.74 Å². The van der Waals surface area contributed by atoms with E-state index < -0.39 is 0 Å². The first-order valence-corrected chi connectivity index (χ1v) is 8.46. The number of thiophene rings is 1. The molecule has 1 aromatic carbocycles. The molecule has 6 nitrogen and oxygen atoms in total. The number of methoxy groups -OCH3 is 1. The molecule has 0 unspecified atom stereocenters. The molecule has 3 rings (SSSR count). The van der Waals surface area contributed by atoms with Crippen LogP contribution in [0.15, 0.2) is 34.4 Å². The number of nitrogen functional groups attached to an aromatic ring is 1. The lowest BCUT2D eigenvalue weighted by Gasteiger charge is -2.12. The molecule has 0 spiro atoms. The number of benzene rings is 1. The Kier molecular flexibility index (Phi) is 4.55. The molecule has 24 heavy (non-hydrogen) atoms. The van der Waals surface area contributed by atoms with Crippen molar-refractivity contribution in [2.24, 2.45) is 0 Å². The van der Waals surface area contributed by atoms with Crippen molar-refractivity contribution in [2.75, 3.05) is 33.5 Å². The number of likely N-dealkylation sites (N-methyl/N-ethyl adjacent to an activating group) is 1. The fourth-order valence-corrected chi connectivity index (χ4v) is 3.69. The van der Waals surface area contributed by atoms with Crippen molar-refractivity contribution in [1.82, 2.24) is 14.5 Å². The fraction of sp³-hybridized carbons (Fsp3) is 0.294. The molecular weight excluding hydrogens is 324 g/mol. The van der Waals surface area contributed by atoms with Crippen molar-refractivity contribution >= 4 is 27.4 Å². The van der Waals surface area contributed by atoms with Gasteiger partial charge in [0.05, 0.1) is 12.5 Å². The molecule has 0 atom stereocenters. The Hall–Kier alpha value is -2.38. The predicted molar refractivity (Wildman–Crippen MR) is 98.8 cm³/mol. The van der Waals surface area contributed by atoms with Crippen LogP contribution in [0.25, 0.3) is 21.3 Å². The third kappa shape index (κ3) is 3.00. The van der Waals surface area contributed by atoms with Crippen LogP contribution in [0.2, 0.25) is 0 Å². The van der Waals surface area contributed by atoms with Crippen LogP contribution in [0.5, 0.6) is 5.75 Å². The van der Waals surface area contributed by atoms with Gasteiger partial charge in [-0.25, -0.2) is 4.79 Å². The highest BCUT2D eigenvalue weighted by Gasteiger charge is 2.16. The zero-order valence-electron chi connectivity index (χ0n) is 13.9.